The lowest BCUT2D eigenvalue weighted by molar-refractivity contribution is 0.209. The molecule has 8 nitrogen and oxygen atoms in total. The van der Waals surface area contributed by atoms with Crippen LogP contribution in [-0.4, -0.2) is 43.0 Å². The van der Waals surface area contributed by atoms with Crippen LogP contribution < -0.4 is 14.4 Å². The summed E-state index contributed by atoms with van der Waals surface area (Å²) in [5, 5.41) is 10.5. The Bertz CT molecular complexity index is 656. The Kier molecular flexibility index (Phi) is 2.93. The van der Waals surface area contributed by atoms with E-state index in [1.54, 1.807) is 0 Å². The normalized spacial score (nSPS) is 18.1. The Labute approximate surface area is 115 Å². The second-order valence-corrected chi connectivity index (χ2v) is 6.78. The molecule has 0 saturated heterocycles. The number of fused-ring (bicyclic) bond motifs is 1. The maximum atomic E-state index is 12.3. The summed E-state index contributed by atoms with van der Waals surface area (Å²) in [4.78, 5) is 14.6. The van der Waals surface area contributed by atoms with E-state index in [-0.39, 0.29) is 35.7 Å². The summed E-state index contributed by atoms with van der Waals surface area (Å²) < 4.78 is 31.3. The van der Waals surface area contributed by atoms with Gasteiger partial charge in [-0.1, -0.05) is 0 Å². The number of amides is 1. The highest BCUT2D eigenvalue weighted by molar-refractivity contribution is 7.93. The van der Waals surface area contributed by atoms with Crippen LogP contribution in [0.5, 0.6) is 5.88 Å². The molecule has 0 aromatic carbocycles. The van der Waals surface area contributed by atoms with Crippen molar-refractivity contribution < 1.29 is 23.1 Å². The number of nitrogens with zero attached hydrogens (tertiary/aromatic N) is 2. The smallest absolute Gasteiger partial charge is 0.409 e. The van der Waals surface area contributed by atoms with Gasteiger partial charge in [0.2, 0.25) is 15.9 Å². The second kappa shape index (κ2) is 4.51. The number of pyridine rings is 1. The average Bonchev–Trinajstić information content (AvgIpc) is 3.21. The number of ether oxygens (including phenoxy) is 1. The number of carboxylic acid groups (broad SMARTS) is 1. The molecule has 9 heteroatoms. The second-order valence-electron chi connectivity index (χ2n) is 4.64. The molecule has 0 bridgehead atoms. The largest absolute Gasteiger partial charge is 0.474 e. The summed E-state index contributed by atoms with van der Waals surface area (Å²) in [6.45, 7) is 0.446. The van der Waals surface area contributed by atoms with E-state index in [4.69, 9.17) is 9.84 Å². The van der Waals surface area contributed by atoms with Crippen LogP contribution in [0.2, 0.25) is 0 Å². The van der Waals surface area contributed by atoms with Gasteiger partial charge in [-0.25, -0.2) is 18.2 Å². The van der Waals surface area contributed by atoms with E-state index in [1.165, 1.54) is 16.6 Å². The highest BCUT2D eigenvalue weighted by atomic mass is 32.2. The summed E-state index contributed by atoms with van der Waals surface area (Å²) in [6, 6.07) is 1.43. The van der Waals surface area contributed by atoms with Gasteiger partial charge in [0.05, 0.1) is 23.7 Å². The molecule has 2 N–H and O–H groups in total. The summed E-state index contributed by atoms with van der Waals surface area (Å²) >= 11 is 0. The fourth-order valence-electron chi connectivity index (χ4n) is 2.08. The van der Waals surface area contributed by atoms with Gasteiger partial charge >= 0.3 is 6.09 Å². The first-order chi connectivity index (χ1) is 9.48. The quantitative estimate of drug-likeness (QED) is 0.857. The van der Waals surface area contributed by atoms with Crippen LogP contribution in [0.25, 0.3) is 0 Å². The fourth-order valence-corrected chi connectivity index (χ4v) is 3.90. The molecular formula is C11H13N3O5S. The topological polar surface area (TPSA) is 109 Å². The van der Waals surface area contributed by atoms with Crippen LogP contribution in [0.1, 0.15) is 12.8 Å². The van der Waals surface area contributed by atoms with E-state index in [2.05, 4.69) is 10.3 Å². The molecule has 0 unspecified atom stereocenters. The van der Waals surface area contributed by atoms with Crippen molar-refractivity contribution >= 4 is 27.5 Å². The Morgan fingerprint density at radius 1 is 1.50 bits per heavy atom. The molecule has 2 heterocycles. The molecule has 1 amide bonds. The molecule has 0 spiro atoms. The van der Waals surface area contributed by atoms with E-state index >= 15 is 0 Å². The molecule has 1 saturated carbocycles. The monoisotopic (exact) mass is 299 g/mol. The number of hydrogen-bond acceptors (Lipinski definition) is 5. The number of hydrogen-bond donors (Lipinski definition) is 2. The van der Waals surface area contributed by atoms with Crippen LogP contribution in [0, 0.1) is 0 Å². The van der Waals surface area contributed by atoms with Gasteiger partial charge in [-0.2, -0.15) is 0 Å². The van der Waals surface area contributed by atoms with Gasteiger partial charge in [0, 0.05) is 0 Å². The number of rotatable bonds is 3. The minimum Gasteiger partial charge on any atom is -0.474 e. The molecule has 0 radical (unpaired) electrons. The fraction of sp³-hybridized carbons (Fsp3) is 0.455. The van der Waals surface area contributed by atoms with Gasteiger partial charge < -0.3 is 9.84 Å². The zero-order valence-electron chi connectivity index (χ0n) is 10.4. The predicted octanol–water partition coefficient (Wildman–Crippen LogP) is 0.863. The van der Waals surface area contributed by atoms with Gasteiger partial charge in [0.1, 0.15) is 12.3 Å². The molecule has 1 aromatic rings. The van der Waals surface area contributed by atoms with Crippen molar-refractivity contribution in [3.8, 4) is 5.88 Å². The van der Waals surface area contributed by atoms with Crippen molar-refractivity contribution in [1.82, 2.24) is 4.98 Å². The molecule has 2 aliphatic rings. The van der Waals surface area contributed by atoms with Crippen molar-refractivity contribution in [3.05, 3.63) is 12.3 Å². The molecule has 1 aliphatic heterocycles. The van der Waals surface area contributed by atoms with Crippen molar-refractivity contribution in [2.45, 2.75) is 18.1 Å². The Morgan fingerprint density at radius 2 is 2.25 bits per heavy atom. The Hall–Kier alpha value is -2.03. The number of anilines is 2. The Balaban J connectivity index is 1.99. The number of nitrogens with one attached hydrogen (secondary N) is 1. The first-order valence-electron chi connectivity index (χ1n) is 6.13. The third-order valence-electron chi connectivity index (χ3n) is 3.14. The molecule has 1 aromatic heterocycles. The minimum atomic E-state index is -3.41. The standard InChI is InChI=1S/C11H13N3O5S/c15-11(16)13-7-5-9-10(12-6-7)19-4-3-14(9)20(17,18)8-1-2-8/h5-6,8,13H,1-4H2,(H,15,16). The number of aromatic nitrogens is 1. The van der Waals surface area contributed by atoms with E-state index in [0.29, 0.717) is 12.8 Å². The molecule has 108 valence electrons. The first kappa shape index (κ1) is 13.0. The molecule has 1 fully saturated rings. The van der Waals surface area contributed by atoms with E-state index in [0.717, 1.165) is 0 Å². The predicted molar refractivity (Wildman–Crippen MR) is 70.7 cm³/mol. The summed E-state index contributed by atoms with van der Waals surface area (Å²) in [5.74, 6) is 0.205. The van der Waals surface area contributed by atoms with Crippen LogP contribution in [0.4, 0.5) is 16.2 Å². The molecular weight excluding hydrogens is 286 g/mol. The van der Waals surface area contributed by atoms with Crippen molar-refractivity contribution in [2.75, 3.05) is 22.8 Å². The van der Waals surface area contributed by atoms with Crippen LogP contribution in [-0.2, 0) is 10.0 Å². The van der Waals surface area contributed by atoms with E-state index < -0.39 is 16.1 Å². The summed E-state index contributed by atoms with van der Waals surface area (Å²) in [6.07, 6.45) is 1.38. The van der Waals surface area contributed by atoms with Gasteiger partial charge in [0.15, 0.2) is 0 Å². The minimum absolute atomic E-state index is 0.205. The third kappa shape index (κ3) is 2.24. The third-order valence-corrected chi connectivity index (χ3v) is 5.45. The van der Waals surface area contributed by atoms with Crippen molar-refractivity contribution in [2.24, 2.45) is 0 Å². The highest BCUT2D eigenvalue weighted by Crippen LogP contribution is 2.39. The maximum absolute atomic E-state index is 12.3. The molecule has 1 aliphatic carbocycles. The SMILES string of the molecule is O=C(O)Nc1cnc2c(c1)N(S(=O)(=O)C1CC1)CCO2. The van der Waals surface area contributed by atoms with Gasteiger partial charge in [0.25, 0.3) is 0 Å². The highest BCUT2D eigenvalue weighted by Gasteiger charge is 2.42. The molecule has 20 heavy (non-hydrogen) atoms. The zero-order valence-corrected chi connectivity index (χ0v) is 11.3. The van der Waals surface area contributed by atoms with Gasteiger partial charge in [-0.05, 0) is 18.9 Å². The van der Waals surface area contributed by atoms with Gasteiger partial charge in [-0.15, -0.1) is 0 Å². The van der Waals surface area contributed by atoms with E-state index in [1.807, 2.05) is 0 Å². The lowest BCUT2D eigenvalue weighted by Crippen LogP contribution is -2.40. The van der Waals surface area contributed by atoms with Crippen molar-refractivity contribution in [3.63, 3.8) is 0 Å². The number of sulfonamides is 1. The average molecular weight is 299 g/mol. The first-order valence-corrected chi connectivity index (χ1v) is 7.63. The Morgan fingerprint density at radius 3 is 2.90 bits per heavy atom. The van der Waals surface area contributed by atoms with E-state index in [9.17, 15) is 13.2 Å². The van der Waals surface area contributed by atoms with Crippen molar-refractivity contribution in [1.29, 1.82) is 0 Å². The number of carbonyl (C=O) groups is 1. The summed E-state index contributed by atoms with van der Waals surface area (Å²) in [7, 11) is -3.41. The summed E-state index contributed by atoms with van der Waals surface area (Å²) in [5.41, 5.74) is 0.493. The van der Waals surface area contributed by atoms with Crippen LogP contribution in [0.15, 0.2) is 12.3 Å². The van der Waals surface area contributed by atoms with Crippen LogP contribution in [0.3, 0.4) is 0 Å². The maximum Gasteiger partial charge on any atom is 0.409 e. The van der Waals surface area contributed by atoms with Crippen LogP contribution >= 0.6 is 0 Å². The molecule has 3 rings (SSSR count). The molecule has 0 atom stereocenters. The zero-order chi connectivity index (χ0) is 14.3. The lowest BCUT2D eigenvalue weighted by Gasteiger charge is -2.29. The van der Waals surface area contributed by atoms with Gasteiger partial charge in [-0.3, -0.25) is 9.62 Å². The lowest BCUT2D eigenvalue weighted by atomic mass is 10.3.